The Bertz CT molecular complexity index is 736. The van der Waals surface area contributed by atoms with Gasteiger partial charge in [0.1, 0.15) is 12.1 Å². The van der Waals surface area contributed by atoms with Gasteiger partial charge in [-0.2, -0.15) is 5.10 Å². The summed E-state index contributed by atoms with van der Waals surface area (Å²) < 4.78 is 1.74. The molecule has 0 atom stereocenters. The fraction of sp³-hybridized carbons (Fsp3) is 0.579. The molecule has 2 aromatic rings. The zero-order chi connectivity index (χ0) is 19.5. The van der Waals surface area contributed by atoms with E-state index in [9.17, 15) is 0 Å². The highest BCUT2D eigenvalue weighted by Gasteiger charge is 2.07. The standard InChI is InChI=1S/C19H32N8/c1-5-7-8-9-10-13-26(3)19(20-6-2)22-12-11-21-17-16-14-25-27(4)18(16)24-15-23-17/h5,14-15H,1,6-13H2,2-4H3,(H,20,22)(H,21,23,24). The van der Waals surface area contributed by atoms with Crippen molar-refractivity contribution in [2.45, 2.75) is 32.6 Å². The van der Waals surface area contributed by atoms with Gasteiger partial charge in [0.15, 0.2) is 11.6 Å². The molecule has 0 amide bonds. The number of aromatic nitrogens is 4. The Morgan fingerprint density at radius 1 is 1.33 bits per heavy atom. The quantitative estimate of drug-likeness (QED) is 0.273. The lowest BCUT2D eigenvalue weighted by atomic mass is 10.2. The Balaban J connectivity index is 1.84. The van der Waals surface area contributed by atoms with Crippen LogP contribution in [0.4, 0.5) is 5.82 Å². The molecule has 0 aromatic carbocycles. The molecule has 8 nitrogen and oxygen atoms in total. The maximum absolute atomic E-state index is 4.72. The van der Waals surface area contributed by atoms with Gasteiger partial charge in [-0.1, -0.05) is 12.5 Å². The van der Waals surface area contributed by atoms with Gasteiger partial charge in [-0.25, -0.2) is 9.97 Å². The van der Waals surface area contributed by atoms with Crippen LogP contribution in [0, 0.1) is 0 Å². The first kappa shape index (κ1) is 20.7. The smallest absolute Gasteiger partial charge is 0.193 e. The number of fused-ring (bicyclic) bond motifs is 1. The van der Waals surface area contributed by atoms with Gasteiger partial charge in [0.25, 0.3) is 0 Å². The summed E-state index contributed by atoms with van der Waals surface area (Å²) in [6, 6.07) is 0. The number of hydrogen-bond donors (Lipinski definition) is 2. The fourth-order valence-electron chi connectivity index (χ4n) is 2.83. The van der Waals surface area contributed by atoms with Crippen molar-refractivity contribution in [2.75, 3.05) is 38.5 Å². The van der Waals surface area contributed by atoms with Crippen LogP contribution in [0.5, 0.6) is 0 Å². The van der Waals surface area contributed by atoms with Crippen LogP contribution in [0.2, 0.25) is 0 Å². The Hall–Kier alpha value is -2.64. The number of allylic oxidation sites excluding steroid dienone is 1. The normalized spacial score (nSPS) is 11.6. The van der Waals surface area contributed by atoms with Gasteiger partial charge in [0.05, 0.1) is 18.1 Å². The molecule has 2 rings (SSSR count). The molecule has 2 aromatic heterocycles. The summed E-state index contributed by atoms with van der Waals surface area (Å²) in [6.45, 7) is 9.07. The lowest BCUT2D eigenvalue weighted by molar-refractivity contribution is 0.455. The maximum atomic E-state index is 4.72. The van der Waals surface area contributed by atoms with Crippen molar-refractivity contribution in [3.8, 4) is 0 Å². The molecule has 0 spiro atoms. The molecule has 0 unspecified atom stereocenters. The average molecular weight is 373 g/mol. The van der Waals surface area contributed by atoms with E-state index in [0.717, 1.165) is 48.7 Å². The minimum Gasteiger partial charge on any atom is -0.367 e. The van der Waals surface area contributed by atoms with Crippen molar-refractivity contribution in [1.29, 1.82) is 0 Å². The zero-order valence-electron chi connectivity index (χ0n) is 16.8. The second kappa shape index (κ2) is 11.2. The Kier molecular flexibility index (Phi) is 8.54. The van der Waals surface area contributed by atoms with Crippen LogP contribution < -0.4 is 10.6 Å². The first-order valence-electron chi connectivity index (χ1n) is 9.64. The second-order valence-electron chi connectivity index (χ2n) is 6.45. The van der Waals surface area contributed by atoms with Gasteiger partial charge in [-0.3, -0.25) is 9.67 Å². The molecule has 0 aliphatic rings. The molecule has 0 bridgehead atoms. The number of aryl methyl sites for hydroxylation is 1. The third-order valence-corrected chi connectivity index (χ3v) is 4.29. The molecule has 2 heterocycles. The van der Waals surface area contributed by atoms with Gasteiger partial charge in [0.2, 0.25) is 0 Å². The van der Waals surface area contributed by atoms with Gasteiger partial charge < -0.3 is 15.5 Å². The van der Waals surface area contributed by atoms with E-state index in [1.807, 2.05) is 13.1 Å². The van der Waals surface area contributed by atoms with Crippen LogP contribution in [0.3, 0.4) is 0 Å². The summed E-state index contributed by atoms with van der Waals surface area (Å²) in [7, 11) is 3.96. The fourth-order valence-corrected chi connectivity index (χ4v) is 2.83. The van der Waals surface area contributed by atoms with Gasteiger partial charge >= 0.3 is 0 Å². The number of aliphatic imine (C=N–C) groups is 1. The van der Waals surface area contributed by atoms with E-state index >= 15 is 0 Å². The molecular formula is C19H32N8. The van der Waals surface area contributed by atoms with Crippen LogP contribution in [-0.4, -0.2) is 63.8 Å². The van der Waals surface area contributed by atoms with Crippen molar-refractivity contribution in [3.63, 3.8) is 0 Å². The van der Waals surface area contributed by atoms with E-state index in [2.05, 4.69) is 51.2 Å². The molecular weight excluding hydrogens is 340 g/mol. The van der Waals surface area contributed by atoms with Crippen LogP contribution in [0.1, 0.15) is 32.6 Å². The number of hydrogen-bond acceptors (Lipinski definition) is 5. The van der Waals surface area contributed by atoms with Crippen molar-refractivity contribution in [3.05, 3.63) is 25.2 Å². The highest BCUT2D eigenvalue weighted by molar-refractivity contribution is 5.86. The molecule has 148 valence electrons. The highest BCUT2D eigenvalue weighted by Crippen LogP contribution is 2.17. The zero-order valence-corrected chi connectivity index (χ0v) is 16.8. The lowest BCUT2D eigenvalue weighted by Gasteiger charge is -2.22. The highest BCUT2D eigenvalue weighted by atomic mass is 15.3. The third kappa shape index (κ3) is 6.23. The molecule has 0 fully saturated rings. The third-order valence-electron chi connectivity index (χ3n) is 4.29. The lowest BCUT2D eigenvalue weighted by Crippen LogP contribution is -2.39. The van der Waals surface area contributed by atoms with Crippen LogP contribution in [0.15, 0.2) is 30.2 Å². The van der Waals surface area contributed by atoms with E-state index in [-0.39, 0.29) is 0 Å². The summed E-state index contributed by atoms with van der Waals surface area (Å²) in [5.41, 5.74) is 0.820. The Morgan fingerprint density at radius 3 is 2.96 bits per heavy atom. The van der Waals surface area contributed by atoms with Gasteiger partial charge in [0, 0.05) is 33.7 Å². The van der Waals surface area contributed by atoms with Crippen molar-refractivity contribution in [1.82, 2.24) is 30.0 Å². The molecule has 0 aliphatic carbocycles. The van der Waals surface area contributed by atoms with Crippen LogP contribution in [0.25, 0.3) is 11.0 Å². The van der Waals surface area contributed by atoms with E-state index in [1.54, 1.807) is 17.2 Å². The monoisotopic (exact) mass is 372 g/mol. The minimum absolute atomic E-state index is 0.662. The van der Waals surface area contributed by atoms with Crippen molar-refractivity contribution < 1.29 is 0 Å². The van der Waals surface area contributed by atoms with Crippen molar-refractivity contribution in [2.24, 2.45) is 12.0 Å². The largest absolute Gasteiger partial charge is 0.367 e. The average Bonchev–Trinajstić information content (AvgIpc) is 3.06. The van der Waals surface area contributed by atoms with E-state index in [4.69, 9.17) is 4.99 Å². The number of anilines is 1. The summed E-state index contributed by atoms with van der Waals surface area (Å²) >= 11 is 0. The predicted octanol–water partition coefficient (Wildman–Crippen LogP) is 2.42. The molecule has 0 radical (unpaired) electrons. The first-order chi connectivity index (χ1) is 13.2. The SMILES string of the molecule is C=CCCCCCN(C)C(=NCCNc1ncnc2c1cnn2C)NCC. The topological polar surface area (TPSA) is 83.3 Å². The summed E-state index contributed by atoms with van der Waals surface area (Å²) in [5, 5.41) is 11.9. The molecule has 0 saturated carbocycles. The minimum atomic E-state index is 0.662. The predicted molar refractivity (Wildman–Crippen MR) is 112 cm³/mol. The number of guanidine groups is 1. The molecule has 8 heteroatoms. The first-order valence-corrected chi connectivity index (χ1v) is 9.64. The van der Waals surface area contributed by atoms with E-state index < -0.39 is 0 Å². The van der Waals surface area contributed by atoms with Crippen molar-refractivity contribution >= 4 is 22.8 Å². The number of nitrogens with one attached hydrogen (secondary N) is 2. The summed E-state index contributed by atoms with van der Waals surface area (Å²) in [4.78, 5) is 15.5. The number of rotatable bonds is 11. The molecule has 27 heavy (non-hydrogen) atoms. The summed E-state index contributed by atoms with van der Waals surface area (Å²) in [5.74, 6) is 1.74. The van der Waals surface area contributed by atoms with Crippen LogP contribution >= 0.6 is 0 Å². The van der Waals surface area contributed by atoms with E-state index in [0.29, 0.717) is 13.1 Å². The Morgan fingerprint density at radius 2 is 2.19 bits per heavy atom. The van der Waals surface area contributed by atoms with Gasteiger partial charge in [-0.15, -0.1) is 6.58 Å². The molecule has 2 N–H and O–H groups in total. The Labute approximate surface area is 161 Å². The second-order valence-corrected chi connectivity index (χ2v) is 6.45. The van der Waals surface area contributed by atoms with E-state index in [1.165, 1.54) is 12.8 Å². The number of unbranched alkanes of at least 4 members (excludes halogenated alkanes) is 3. The molecule has 0 aliphatic heterocycles. The maximum Gasteiger partial charge on any atom is 0.193 e. The van der Waals surface area contributed by atoms with Crippen LogP contribution in [-0.2, 0) is 7.05 Å². The summed E-state index contributed by atoms with van der Waals surface area (Å²) in [6.07, 6.45) is 10.00. The number of nitrogens with zero attached hydrogens (tertiary/aromatic N) is 6. The molecule has 0 saturated heterocycles. The van der Waals surface area contributed by atoms with Gasteiger partial charge in [-0.05, 0) is 26.2 Å².